The van der Waals surface area contributed by atoms with Crippen LogP contribution in [0.3, 0.4) is 0 Å². The van der Waals surface area contributed by atoms with E-state index in [2.05, 4.69) is 20.7 Å². The van der Waals surface area contributed by atoms with Gasteiger partial charge in [-0.3, -0.25) is 4.68 Å². The second-order valence-electron chi connectivity index (χ2n) is 7.24. The van der Waals surface area contributed by atoms with Crippen molar-refractivity contribution in [3.63, 3.8) is 0 Å². The van der Waals surface area contributed by atoms with Gasteiger partial charge in [0.2, 0.25) is 0 Å². The molecule has 1 aliphatic carbocycles. The number of nitrogens with one attached hydrogen (secondary N) is 2. The molecule has 0 bridgehead atoms. The van der Waals surface area contributed by atoms with Crippen molar-refractivity contribution in [3.05, 3.63) is 47.8 Å². The van der Waals surface area contributed by atoms with Crippen LogP contribution < -0.4 is 15.4 Å². The minimum atomic E-state index is -0.279. The molecule has 1 aliphatic rings. The summed E-state index contributed by atoms with van der Waals surface area (Å²) in [6, 6.07) is 9.48. The summed E-state index contributed by atoms with van der Waals surface area (Å²) in [6.07, 6.45) is 6.58. The number of pyridine rings is 1. The molecule has 4 rings (SSSR count). The average Bonchev–Trinajstić information content (AvgIpc) is 3.29. The lowest BCUT2D eigenvalue weighted by atomic mass is 10.2. The van der Waals surface area contributed by atoms with Gasteiger partial charge >= 0.3 is 6.03 Å². The van der Waals surface area contributed by atoms with Gasteiger partial charge in [-0.1, -0.05) is 18.2 Å². The highest BCUT2D eigenvalue weighted by Crippen LogP contribution is 2.26. The Morgan fingerprint density at radius 1 is 1.29 bits per heavy atom. The zero-order valence-electron chi connectivity index (χ0n) is 16.2. The second kappa shape index (κ2) is 7.88. The van der Waals surface area contributed by atoms with Crippen LogP contribution in [-0.2, 0) is 13.6 Å². The summed E-state index contributed by atoms with van der Waals surface area (Å²) in [5, 5.41) is 11.0. The summed E-state index contributed by atoms with van der Waals surface area (Å²) in [6.45, 7) is 2.32. The van der Waals surface area contributed by atoms with Gasteiger partial charge in [0.1, 0.15) is 5.75 Å². The topological polar surface area (TPSA) is 81.1 Å². The molecule has 3 aromatic rings. The van der Waals surface area contributed by atoms with E-state index in [1.165, 1.54) is 12.8 Å². The standard InChI is InChI=1S/C21H25N5O2/c1-14-18-11-16(13-22-20(18)26(2)25-14)24-21(27)23-12-15-7-3-6-10-19(15)28-17-8-4-5-9-17/h3,6-7,10-11,13,17H,4-5,8-9,12H2,1-2H3,(H2,23,24,27). The highest BCUT2D eigenvalue weighted by Gasteiger charge is 2.18. The van der Waals surface area contributed by atoms with E-state index in [1.54, 1.807) is 10.9 Å². The van der Waals surface area contributed by atoms with Crippen molar-refractivity contribution in [1.29, 1.82) is 0 Å². The Morgan fingerprint density at radius 3 is 2.89 bits per heavy atom. The van der Waals surface area contributed by atoms with Crippen LogP contribution in [0.4, 0.5) is 10.5 Å². The SMILES string of the molecule is Cc1nn(C)c2ncc(NC(=O)NCc3ccccc3OC3CCCC3)cc12. The molecule has 0 atom stereocenters. The van der Waals surface area contributed by atoms with Crippen molar-refractivity contribution in [3.8, 4) is 5.75 Å². The molecule has 0 saturated heterocycles. The number of amides is 2. The number of fused-ring (bicyclic) bond motifs is 1. The number of carbonyl (C=O) groups is 1. The van der Waals surface area contributed by atoms with Crippen LogP contribution in [0.1, 0.15) is 36.9 Å². The normalized spacial score (nSPS) is 14.4. The first-order valence-electron chi connectivity index (χ1n) is 9.69. The lowest BCUT2D eigenvalue weighted by Gasteiger charge is -2.17. The maximum absolute atomic E-state index is 12.4. The van der Waals surface area contributed by atoms with Gasteiger partial charge in [0.15, 0.2) is 5.65 Å². The van der Waals surface area contributed by atoms with Crippen LogP contribution in [0.15, 0.2) is 36.5 Å². The number of anilines is 1. The number of aryl methyl sites for hydroxylation is 2. The van der Waals surface area contributed by atoms with Gasteiger partial charge in [0.25, 0.3) is 0 Å². The molecule has 2 amide bonds. The van der Waals surface area contributed by atoms with Crippen molar-refractivity contribution >= 4 is 22.8 Å². The second-order valence-corrected chi connectivity index (χ2v) is 7.24. The number of rotatable bonds is 5. The molecule has 0 spiro atoms. The predicted octanol–water partition coefficient (Wildman–Crippen LogP) is 3.92. The van der Waals surface area contributed by atoms with Crippen molar-refractivity contribution in [2.24, 2.45) is 7.05 Å². The number of urea groups is 1. The molecule has 0 aliphatic heterocycles. The summed E-state index contributed by atoms with van der Waals surface area (Å²) in [5.74, 6) is 0.851. The third kappa shape index (κ3) is 3.93. The van der Waals surface area contributed by atoms with Gasteiger partial charge in [-0.05, 0) is 44.7 Å². The fourth-order valence-corrected chi connectivity index (χ4v) is 3.68. The number of benzene rings is 1. The summed E-state index contributed by atoms with van der Waals surface area (Å²) in [4.78, 5) is 16.7. The molecular weight excluding hydrogens is 354 g/mol. The zero-order chi connectivity index (χ0) is 19.5. The Kier molecular flexibility index (Phi) is 5.14. The largest absolute Gasteiger partial charge is 0.490 e. The molecule has 146 valence electrons. The molecule has 1 fully saturated rings. The quantitative estimate of drug-likeness (QED) is 0.704. The van der Waals surface area contributed by atoms with E-state index in [0.717, 1.165) is 40.9 Å². The van der Waals surface area contributed by atoms with Gasteiger partial charge in [-0.15, -0.1) is 0 Å². The Labute approximate surface area is 164 Å². The van der Waals surface area contributed by atoms with E-state index in [-0.39, 0.29) is 12.1 Å². The average molecular weight is 379 g/mol. The summed E-state index contributed by atoms with van der Waals surface area (Å²) in [7, 11) is 1.85. The molecule has 2 N–H and O–H groups in total. The van der Waals surface area contributed by atoms with Crippen molar-refractivity contribution in [2.75, 3.05) is 5.32 Å². The Balaban J connectivity index is 1.39. The van der Waals surface area contributed by atoms with Gasteiger partial charge in [-0.2, -0.15) is 5.10 Å². The monoisotopic (exact) mass is 379 g/mol. The minimum Gasteiger partial charge on any atom is -0.490 e. The number of para-hydroxylation sites is 1. The van der Waals surface area contributed by atoms with Crippen LogP contribution >= 0.6 is 0 Å². The van der Waals surface area contributed by atoms with E-state index in [4.69, 9.17) is 4.74 Å². The summed E-state index contributed by atoms with van der Waals surface area (Å²) in [5.41, 5.74) is 3.28. The van der Waals surface area contributed by atoms with Crippen LogP contribution in [0.25, 0.3) is 11.0 Å². The highest BCUT2D eigenvalue weighted by molar-refractivity contribution is 5.92. The fourth-order valence-electron chi connectivity index (χ4n) is 3.68. The van der Waals surface area contributed by atoms with E-state index < -0.39 is 0 Å². The lowest BCUT2D eigenvalue weighted by molar-refractivity contribution is 0.207. The molecule has 2 aromatic heterocycles. The molecule has 0 unspecified atom stereocenters. The van der Waals surface area contributed by atoms with Gasteiger partial charge < -0.3 is 15.4 Å². The van der Waals surface area contributed by atoms with Gasteiger partial charge in [0.05, 0.1) is 23.7 Å². The maximum atomic E-state index is 12.4. The fraction of sp³-hybridized carbons (Fsp3) is 0.381. The third-order valence-corrected chi connectivity index (χ3v) is 5.13. The number of hydrogen-bond donors (Lipinski definition) is 2. The molecule has 1 aromatic carbocycles. The highest BCUT2D eigenvalue weighted by atomic mass is 16.5. The van der Waals surface area contributed by atoms with E-state index >= 15 is 0 Å². The van der Waals surface area contributed by atoms with Crippen LogP contribution in [0, 0.1) is 6.92 Å². The zero-order valence-corrected chi connectivity index (χ0v) is 16.2. The summed E-state index contributed by atoms with van der Waals surface area (Å²) < 4.78 is 7.86. The molecule has 7 heteroatoms. The number of ether oxygens (including phenoxy) is 1. The number of hydrogen-bond acceptors (Lipinski definition) is 4. The third-order valence-electron chi connectivity index (χ3n) is 5.13. The number of carbonyl (C=O) groups excluding carboxylic acids is 1. The Morgan fingerprint density at radius 2 is 2.07 bits per heavy atom. The van der Waals surface area contributed by atoms with Crippen LogP contribution in [0.2, 0.25) is 0 Å². The Bertz CT molecular complexity index is 992. The first-order chi connectivity index (χ1) is 13.6. The van der Waals surface area contributed by atoms with Crippen molar-refractivity contribution in [2.45, 2.75) is 45.3 Å². The molecular formula is C21H25N5O2. The molecule has 2 heterocycles. The first-order valence-corrected chi connectivity index (χ1v) is 9.69. The molecule has 7 nitrogen and oxygen atoms in total. The molecule has 28 heavy (non-hydrogen) atoms. The Hall–Kier alpha value is -3.09. The first kappa shape index (κ1) is 18.3. The predicted molar refractivity (Wildman–Crippen MR) is 108 cm³/mol. The van der Waals surface area contributed by atoms with Crippen molar-refractivity contribution < 1.29 is 9.53 Å². The molecule has 1 saturated carbocycles. The van der Waals surface area contributed by atoms with Gasteiger partial charge in [-0.25, -0.2) is 9.78 Å². The number of nitrogens with zero attached hydrogens (tertiary/aromatic N) is 3. The lowest BCUT2D eigenvalue weighted by Crippen LogP contribution is -2.28. The van der Waals surface area contributed by atoms with E-state index in [1.807, 2.05) is 44.3 Å². The van der Waals surface area contributed by atoms with Crippen LogP contribution in [-0.4, -0.2) is 26.9 Å². The van der Waals surface area contributed by atoms with E-state index in [0.29, 0.717) is 12.2 Å². The smallest absolute Gasteiger partial charge is 0.319 e. The maximum Gasteiger partial charge on any atom is 0.319 e. The minimum absolute atomic E-state index is 0.279. The van der Waals surface area contributed by atoms with Crippen molar-refractivity contribution in [1.82, 2.24) is 20.1 Å². The van der Waals surface area contributed by atoms with Crippen LogP contribution in [0.5, 0.6) is 5.75 Å². The molecule has 0 radical (unpaired) electrons. The van der Waals surface area contributed by atoms with Gasteiger partial charge in [0, 0.05) is 24.5 Å². The number of aromatic nitrogens is 3. The summed E-state index contributed by atoms with van der Waals surface area (Å²) >= 11 is 0. The van der Waals surface area contributed by atoms with E-state index in [9.17, 15) is 4.79 Å².